The van der Waals surface area contributed by atoms with Gasteiger partial charge in [0.2, 0.25) is 0 Å². The molecule has 0 saturated carbocycles. The van der Waals surface area contributed by atoms with Crippen LogP contribution in [0.5, 0.6) is 5.75 Å². The van der Waals surface area contributed by atoms with Crippen LogP contribution in [0.15, 0.2) is 36.4 Å². The van der Waals surface area contributed by atoms with Gasteiger partial charge in [-0.05, 0) is 11.6 Å². The number of rotatable bonds is 5. The average molecular weight is 238 g/mol. The van der Waals surface area contributed by atoms with Crippen LogP contribution in [0.1, 0.15) is 5.56 Å². The van der Waals surface area contributed by atoms with Crippen LogP contribution < -0.4 is 10.1 Å². The summed E-state index contributed by atoms with van der Waals surface area (Å²) in [6, 6.07) is 8.23. The van der Waals surface area contributed by atoms with Crippen LogP contribution in [0.4, 0.5) is 0 Å². The van der Waals surface area contributed by atoms with Crippen molar-refractivity contribution in [3.63, 3.8) is 0 Å². The Morgan fingerprint density at radius 2 is 2.25 bits per heavy atom. The second-order valence-corrected chi connectivity index (χ2v) is 4.14. The molecule has 1 aliphatic rings. The Labute approximate surface area is 101 Å². The molecule has 86 valence electrons. The molecule has 0 saturated heterocycles. The summed E-state index contributed by atoms with van der Waals surface area (Å²) in [6.07, 6.45) is 5.25. The van der Waals surface area contributed by atoms with Crippen molar-refractivity contribution < 1.29 is 4.74 Å². The van der Waals surface area contributed by atoms with Gasteiger partial charge in [-0.25, -0.2) is 0 Å². The predicted molar refractivity (Wildman–Crippen MR) is 67.3 cm³/mol. The number of benzene rings is 1. The number of hydrogen-bond acceptors (Lipinski definition) is 2. The van der Waals surface area contributed by atoms with Gasteiger partial charge >= 0.3 is 0 Å². The third-order valence-corrected chi connectivity index (χ3v) is 2.78. The molecule has 1 atom stereocenters. The van der Waals surface area contributed by atoms with Crippen LogP contribution in [-0.2, 0) is 6.42 Å². The van der Waals surface area contributed by atoms with E-state index in [4.69, 9.17) is 16.3 Å². The van der Waals surface area contributed by atoms with E-state index in [2.05, 4.69) is 17.4 Å². The highest BCUT2D eigenvalue weighted by molar-refractivity contribution is 6.18. The molecule has 2 rings (SSSR count). The van der Waals surface area contributed by atoms with Crippen LogP contribution in [0.3, 0.4) is 0 Å². The molecule has 1 aromatic carbocycles. The molecule has 1 aromatic rings. The number of allylic oxidation sites excluding steroid dienone is 1. The van der Waals surface area contributed by atoms with Gasteiger partial charge in [0.25, 0.3) is 0 Å². The second kappa shape index (κ2) is 5.92. The third kappa shape index (κ3) is 3.00. The molecule has 16 heavy (non-hydrogen) atoms. The summed E-state index contributed by atoms with van der Waals surface area (Å²) in [5.41, 5.74) is 1.31. The van der Waals surface area contributed by atoms with Gasteiger partial charge in [-0.3, -0.25) is 0 Å². The summed E-state index contributed by atoms with van der Waals surface area (Å²) >= 11 is 5.53. The Balaban J connectivity index is 1.73. The molecule has 0 bridgehead atoms. The van der Waals surface area contributed by atoms with E-state index in [1.165, 1.54) is 5.56 Å². The number of fused-ring (bicyclic) bond motifs is 1. The molecule has 0 fully saturated rings. The molecule has 0 spiro atoms. The van der Waals surface area contributed by atoms with Crippen molar-refractivity contribution in [2.75, 3.05) is 19.0 Å². The lowest BCUT2D eigenvalue weighted by atomic mass is 10.1. The topological polar surface area (TPSA) is 21.3 Å². The Hall–Kier alpha value is -0.990. The highest BCUT2D eigenvalue weighted by atomic mass is 35.5. The monoisotopic (exact) mass is 237 g/mol. The van der Waals surface area contributed by atoms with Gasteiger partial charge in [0.15, 0.2) is 0 Å². The number of hydrogen-bond donors (Lipinski definition) is 1. The molecular weight excluding hydrogens is 222 g/mol. The van der Waals surface area contributed by atoms with Crippen LogP contribution >= 0.6 is 11.6 Å². The number of nitrogens with one attached hydrogen (secondary N) is 1. The lowest BCUT2D eigenvalue weighted by Gasteiger charge is -2.10. The smallest absolute Gasteiger partial charge is 0.123 e. The highest BCUT2D eigenvalue weighted by Gasteiger charge is 2.21. The predicted octanol–water partition coefficient (Wildman–Crippen LogP) is 2.37. The van der Waals surface area contributed by atoms with Gasteiger partial charge < -0.3 is 10.1 Å². The quantitative estimate of drug-likeness (QED) is 0.482. The van der Waals surface area contributed by atoms with Gasteiger partial charge in [0, 0.05) is 25.4 Å². The van der Waals surface area contributed by atoms with Gasteiger partial charge in [0.1, 0.15) is 11.9 Å². The molecule has 0 aromatic heterocycles. The number of ether oxygens (including phenoxy) is 1. The second-order valence-electron chi connectivity index (χ2n) is 3.84. The van der Waals surface area contributed by atoms with Crippen LogP contribution in [0, 0.1) is 0 Å². The number of alkyl halides is 1. The van der Waals surface area contributed by atoms with E-state index < -0.39 is 0 Å². The van der Waals surface area contributed by atoms with Crippen molar-refractivity contribution in [3.8, 4) is 5.75 Å². The minimum atomic E-state index is 0.266. The first-order valence-electron chi connectivity index (χ1n) is 5.56. The van der Waals surface area contributed by atoms with Crippen LogP contribution in [0.25, 0.3) is 0 Å². The summed E-state index contributed by atoms with van der Waals surface area (Å²) in [6.45, 7) is 1.73. The lowest BCUT2D eigenvalue weighted by molar-refractivity contribution is 0.229. The standard InChI is InChI=1S/C13H16ClNO/c14-7-3-4-8-15-10-12-9-11-5-1-2-6-13(11)16-12/h1-6,12,15H,7-10H2/b4-3+. The maximum absolute atomic E-state index is 5.80. The van der Waals surface area contributed by atoms with E-state index in [-0.39, 0.29) is 6.10 Å². The minimum Gasteiger partial charge on any atom is -0.488 e. The van der Waals surface area contributed by atoms with Crippen molar-refractivity contribution in [2.45, 2.75) is 12.5 Å². The number of para-hydroxylation sites is 1. The molecule has 0 amide bonds. The SMILES string of the molecule is ClC/C=C/CNCC1Cc2ccccc2O1. The van der Waals surface area contributed by atoms with E-state index in [1.54, 1.807) is 0 Å². The van der Waals surface area contributed by atoms with Gasteiger partial charge in [-0.15, -0.1) is 11.6 Å². The fourth-order valence-corrected chi connectivity index (χ4v) is 1.97. The van der Waals surface area contributed by atoms with Crippen LogP contribution in [0.2, 0.25) is 0 Å². The summed E-state index contributed by atoms with van der Waals surface area (Å²) in [5.74, 6) is 1.61. The first-order chi connectivity index (χ1) is 7.90. The number of halogens is 1. The summed E-state index contributed by atoms with van der Waals surface area (Å²) in [7, 11) is 0. The van der Waals surface area contributed by atoms with E-state index in [1.807, 2.05) is 24.3 Å². The van der Waals surface area contributed by atoms with Crippen LogP contribution in [-0.4, -0.2) is 25.1 Å². The Morgan fingerprint density at radius 3 is 3.06 bits per heavy atom. The molecule has 0 radical (unpaired) electrons. The van der Waals surface area contributed by atoms with Crippen molar-refractivity contribution in [3.05, 3.63) is 42.0 Å². The summed E-state index contributed by atoms with van der Waals surface area (Å²) in [5, 5.41) is 3.33. The minimum absolute atomic E-state index is 0.266. The summed E-state index contributed by atoms with van der Waals surface area (Å²) < 4.78 is 5.80. The largest absolute Gasteiger partial charge is 0.488 e. The molecule has 3 heteroatoms. The first-order valence-corrected chi connectivity index (χ1v) is 6.10. The van der Waals surface area contributed by atoms with E-state index in [0.717, 1.165) is 25.3 Å². The zero-order valence-corrected chi connectivity index (χ0v) is 9.91. The maximum atomic E-state index is 5.80. The maximum Gasteiger partial charge on any atom is 0.123 e. The Kier molecular flexibility index (Phi) is 4.25. The van der Waals surface area contributed by atoms with E-state index in [0.29, 0.717) is 5.88 Å². The van der Waals surface area contributed by atoms with Crippen molar-refractivity contribution in [1.29, 1.82) is 0 Å². The van der Waals surface area contributed by atoms with Crippen molar-refractivity contribution in [1.82, 2.24) is 5.32 Å². The normalized spacial score (nSPS) is 18.7. The van der Waals surface area contributed by atoms with Crippen molar-refractivity contribution >= 4 is 11.6 Å². The van der Waals surface area contributed by atoms with Gasteiger partial charge in [0.05, 0.1) is 0 Å². The lowest BCUT2D eigenvalue weighted by Crippen LogP contribution is -2.30. The Bertz CT molecular complexity index is 340. The average Bonchev–Trinajstić information content (AvgIpc) is 2.71. The molecule has 1 unspecified atom stereocenters. The van der Waals surface area contributed by atoms with E-state index in [9.17, 15) is 0 Å². The highest BCUT2D eigenvalue weighted by Crippen LogP contribution is 2.27. The first kappa shape index (κ1) is 11.5. The zero-order valence-electron chi connectivity index (χ0n) is 9.16. The van der Waals surface area contributed by atoms with E-state index >= 15 is 0 Å². The summed E-state index contributed by atoms with van der Waals surface area (Å²) in [4.78, 5) is 0. The van der Waals surface area contributed by atoms with Gasteiger partial charge in [-0.2, -0.15) is 0 Å². The zero-order chi connectivity index (χ0) is 11.2. The van der Waals surface area contributed by atoms with Crippen molar-refractivity contribution in [2.24, 2.45) is 0 Å². The molecular formula is C13H16ClNO. The fraction of sp³-hybridized carbons (Fsp3) is 0.385. The third-order valence-electron chi connectivity index (χ3n) is 2.60. The molecule has 1 heterocycles. The molecule has 1 aliphatic heterocycles. The fourth-order valence-electron chi connectivity index (χ4n) is 1.84. The molecule has 0 aliphatic carbocycles. The van der Waals surface area contributed by atoms with Gasteiger partial charge in [-0.1, -0.05) is 30.4 Å². The Morgan fingerprint density at radius 1 is 1.38 bits per heavy atom. The molecule has 1 N–H and O–H groups in total. The molecule has 2 nitrogen and oxygen atoms in total.